The molecule has 0 saturated heterocycles. The van der Waals surface area contributed by atoms with Crippen molar-refractivity contribution in [2.24, 2.45) is 0 Å². The van der Waals surface area contributed by atoms with E-state index < -0.39 is 0 Å². The van der Waals surface area contributed by atoms with Crippen molar-refractivity contribution in [1.82, 2.24) is 0 Å². The number of hydrogen-bond donors (Lipinski definition) is 2. The third kappa shape index (κ3) is 3.45. The molecule has 2 aromatic rings. The molecule has 1 amide bonds. The van der Waals surface area contributed by atoms with Crippen LogP contribution in [0, 0.1) is 0 Å². The van der Waals surface area contributed by atoms with Crippen LogP contribution in [0.25, 0.3) is 10.8 Å². The third-order valence-electron chi connectivity index (χ3n) is 2.76. The number of anilines is 1. The zero-order valence-corrected chi connectivity index (χ0v) is 11.5. The quantitative estimate of drug-likeness (QED) is 0.830. The lowest BCUT2D eigenvalue weighted by Crippen LogP contribution is -2.41. The molecule has 0 heterocycles. The van der Waals surface area contributed by atoms with Gasteiger partial charge < -0.3 is 14.9 Å². The molecule has 0 unspecified atom stereocenters. The van der Waals surface area contributed by atoms with Gasteiger partial charge in [-0.1, -0.05) is 18.2 Å². The van der Waals surface area contributed by atoms with Gasteiger partial charge in [0.15, 0.2) is 6.54 Å². The fourth-order valence-corrected chi connectivity index (χ4v) is 1.99. The highest BCUT2D eigenvalue weighted by atomic mass is 16.3. The Kier molecular flexibility index (Phi) is 3.44. The fraction of sp³-hybridized carbons (Fsp3) is 0.267. The molecule has 2 aromatic carbocycles. The first-order valence-electron chi connectivity index (χ1n) is 6.17. The summed E-state index contributed by atoms with van der Waals surface area (Å²) >= 11 is 0. The van der Waals surface area contributed by atoms with Crippen LogP contribution in [0.3, 0.4) is 0 Å². The maximum atomic E-state index is 12.0. The molecule has 0 aliphatic rings. The van der Waals surface area contributed by atoms with Crippen molar-refractivity contribution in [2.75, 3.05) is 33.0 Å². The Morgan fingerprint density at radius 2 is 1.95 bits per heavy atom. The van der Waals surface area contributed by atoms with Crippen LogP contribution in [0.4, 0.5) is 5.69 Å². The molecule has 0 bridgehead atoms. The molecular formula is C15H19N2O2+. The van der Waals surface area contributed by atoms with Gasteiger partial charge in [-0.3, -0.25) is 4.79 Å². The fourth-order valence-electron chi connectivity index (χ4n) is 1.99. The predicted molar refractivity (Wildman–Crippen MR) is 77.1 cm³/mol. The summed E-state index contributed by atoms with van der Waals surface area (Å²) in [6.07, 6.45) is 0. The topological polar surface area (TPSA) is 49.3 Å². The molecule has 4 nitrogen and oxygen atoms in total. The van der Waals surface area contributed by atoms with Crippen molar-refractivity contribution in [3.8, 4) is 5.75 Å². The summed E-state index contributed by atoms with van der Waals surface area (Å²) in [5, 5.41) is 14.3. The van der Waals surface area contributed by atoms with Crippen molar-refractivity contribution in [3.63, 3.8) is 0 Å². The second-order valence-electron chi connectivity index (χ2n) is 5.71. The van der Waals surface area contributed by atoms with Crippen LogP contribution in [0.15, 0.2) is 36.4 Å². The van der Waals surface area contributed by atoms with Crippen LogP contribution in [0.1, 0.15) is 0 Å². The minimum Gasteiger partial charge on any atom is -0.508 e. The normalized spacial score (nSPS) is 11.5. The lowest BCUT2D eigenvalue weighted by Gasteiger charge is -2.23. The monoisotopic (exact) mass is 259 g/mol. The molecule has 0 aliphatic heterocycles. The standard InChI is InChI=1S/C15H18N2O2/c1-17(2,3)10-15(19)16-14-6-4-5-11-7-8-12(18)9-13(11)14/h4-9H,10H2,1-3H3,(H-,16,18,19)/p+1. The Hall–Kier alpha value is -2.07. The minimum absolute atomic E-state index is 0.0386. The summed E-state index contributed by atoms with van der Waals surface area (Å²) in [5.74, 6) is 0.157. The summed E-state index contributed by atoms with van der Waals surface area (Å²) in [4.78, 5) is 12.0. The summed E-state index contributed by atoms with van der Waals surface area (Å²) in [6, 6.07) is 10.8. The van der Waals surface area contributed by atoms with Gasteiger partial charge in [0.1, 0.15) is 5.75 Å². The highest BCUT2D eigenvalue weighted by molar-refractivity contribution is 6.02. The summed E-state index contributed by atoms with van der Waals surface area (Å²) < 4.78 is 0.571. The second-order valence-corrected chi connectivity index (χ2v) is 5.71. The largest absolute Gasteiger partial charge is 0.508 e. The number of hydrogen-bond acceptors (Lipinski definition) is 2. The van der Waals surface area contributed by atoms with E-state index in [1.54, 1.807) is 12.1 Å². The molecule has 0 spiro atoms. The Bertz CT molecular complexity index is 615. The van der Waals surface area contributed by atoms with Crippen molar-refractivity contribution >= 4 is 22.4 Å². The number of fused-ring (bicyclic) bond motifs is 1. The number of nitrogens with zero attached hydrogens (tertiary/aromatic N) is 1. The van der Waals surface area contributed by atoms with E-state index in [-0.39, 0.29) is 11.7 Å². The van der Waals surface area contributed by atoms with E-state index in [2.05, 4.69) is 5.32 Å². The molecule has 0 radical (unpaired) electrons. The van der Waals surface area contributed by atoms with E-state index >= 15 is 0 Å². The number of carbonyl (C=O) groups is 1. The number of benzene rings is 2. The molecule has 4 heteroatoms. The summed E-state index contributed by atoms with van der Waals surface area (Å²) in [5.41, 5.74) is 0.729. The SMILES string of the molecule is C[N+](C)(C)CC(=O)Nc1cccc2ccc(O)cc12. The molecule has 0 aromatic heterocycles. The van der Waals surface area contributed by atoms with E-state index in [0.29, 0.717) is 11.0 Å². The van der Waals surface area contributed by atoms with Crippen molar-refractivity contribution in [2.45, 2.75) is 0 Å². The van der Waals surface area contributed by atoms with Gasteiger partial charge in [-0.05, 0) is 23.6 Å². The lowest BCUT2D eigenvalue weighted by atomic mass is 10.1. The van der Waals surface area contributed by atoms with E-state index in [4.69, 9.17) is 0 Å². The lowest BCUT2D eigenvalue weighted by molar-refractivity contribution is -0.861. The Labute approximate surface area is 112 Å². The Balaban J connectivity index is 2.30. The van der Waals surface area contributed by atoms with Gasteiger partial charge in [0, 0.05) is 11.1 Å². The first kappa shape index (κ1) is 13.4. The minimum atomic E-state index is -0.0386. The summed E-state index contributed by atoms with van der Waals surface area (Å²) in [7, 11) is 5.90. The molecule has 19 heavy (non-hydrogen) atoms. The van der Waals surface area contributed by atoms with Crippen molar-refractivity contribution in [1.29, 1.82) is 0 Å². The first-order valence-corrected chi connectivity index (χ1v) is 6.17. The van der Waals surface area contributed by atoms with E-state index in [9.17, 15) is 9.90 Å². The van der Waals surface area contributed by atoms with Gasteiger partial charge >= 0.3 is 0 Å². The zero-order valence-electron chi connectivity index (χ0n) is 11.5. The van der Waals surface area contributed by atoms with E-state index in [0.717, 1.165) is 16.5 Å². The average molecular weight is 259 g/mol. The number of quaternary nitrogens is 1. The average Bonchev–Trinajstić information content (AvgIpc) is 2.27. The highest BCUT2D eigenvalue weighted by Gasteiger charge is 2.15. The molecule has 100 valence electrons. The number of rotatable bonds is 3. The molecule has 0 fully saturated rings. The predicted octanol–water partition coefficient (Wildman–Crippen LogP) is 2.19. The van der Waals surface area contributed by atoms with Crippen LogP contribution < -0.4 is 5.32 Å². The maximum absolute atomic E-state index is 12.0. The second kappa shape index (κ2) is 4.90. The van der Waals surface area contributed by atoms with Gasteiger partial charge in [0.25, 0.3) is 5.91 Å². The van der Waals surface area contributed by atoms with Gasteiger partial charge in [-0.15, -0.1) is 0 Å². The molecule has 0 aliphatic carbocycles. The Morgan fingerprint density at radius 1 is 1.21 bits per heavy atom. The number of carbonyl (C=O) groups excluding carboxylic acids is 1. The molecule has 0 atom stereocenters. The number of likely N-dealkylation sites (N-methyl/N-ethyl adjacent to an activating group) is 1. The highest BCUT2D eigenvalue weighted by Crippen LogP contribution is 2.26. The Morgan fingerprint density at radius 3 is 2.63 bits per heavy atom. The molecule has 2 N–H and O–H groups in total. The van der Waals surface area contributed by atoms with Gasteiger partial charge in [0.05, 0.1) is 21.1 Å². The molecular weight excluding hydrogens is 240 g/mol. The van der Waals surface area contributed by atoms with E-state index in [1.807, 2.05) is 45.4 Å². The van der Waals surface area contributed by atoms with Gasteiger partial charge in [0.2, 0.25) is 0 Å². The van der Waals surface area contributed by atoms with Crippen LogP contribution in [-0.4, -0.2) is 43.2 Å². The van der Waals surface area contributed by atoms with Crippen molar-refractivity contribution in [3.05, 3.63) is 36.4 Å². The van der Waals surface area contributed by atoms with E-state index in [1.165, 1.54) is 0 Å². The number of amides is 1. The maximum Gasteiger partial charge on any atom is 0.279 e. The first-order chi connectivity index (χ1) is 8.85. The molecule has 2 rings (SSSR count). The van der Waals surface area contributed by atoms with Gasteiger partial charge in [-0.2, -0.15) is 0 Å². The van der Waals surface area contributed by atoms with Crippen LogP contribution >= 0.6 is 0 Å². The number of phenols is 1. The van der Waals surface area contributed by atoms with Gasteiger partial charge in [-0.25, -0.2) is 0 Å². The summed E-state index contributed by atoms with van der Waals surface area (Å²) in [6.45, 7) is 0.398. The zero-order chi connectivity index (χ0) is 14.0. The smallest absolute Gasteiger partial charge is 0.279 e. The van der Waals surface area contributed by atoms with Crippen LogP contribution in [0.5, 0.6) is 5.75 Å². The van der Waals surface area contributed by atoms with Crippen LogP contribution in [-0.2, 0) is 4.79 Å². The number of aromatic hydroxyl groups is 1. The number of phenolic OH excluding ortho intramolecular Hbond substituents is 1. The molecule has 0 saturated carbocycles. The number of nitrogens with one attached hydrogen (secondary N) is 1. The van der Waals surface area contributed by atoms with Crippen molar-refractivity contribution < 1.29 is 14.4 Å². The van der Waals surface area contributed by atoms with Crippen LogP contribution in [0.2, 0.25) is 0 Å². The third-order valence-corrected chi connectivity index (χ3v) is 2.76.